The van der Waals surface area contributed by atoms with Gasteiger partial charge in [-0.1, -0.05) is 6.07 Å². The quantitative estimate of drug-likeness (QED) is 0.823. The van der Waals surface area contributed by atoms with Crippen molar-refractivity contribution in [3.05, 3.63) is 48.0 Å². The van der Waals surface area contributed by atoms with Gasteiger partial charge in [0.25, 0.3) is 0 Å². The molecule has 0 aliphatic carbocycles. The monoisotopic (exact) mass is 330 g/mol. The predicted molar refractivity (Wildman–Crippen MR) is 90.0 cm³/mol. The highest BCUT2D eigenvalue weighted by molar-refractivity contribution is 6.01. The van der Waals surface area contributed by atoms with Gasteiger partial charge in [-0.2, -0.15) is 0 Å². The van der Waals surface area contributed by atoms with Crippen LogP contribution in [0.4, 0.5) is 16.2 Å². The maximum atomic E-state index is 12.1. The summed E-state index contributed by atoms with van der Waals surface area (Å²) in [5, 5.41) is 5.32. The van der Waals surface area contributed by atoms with Crippen LogP contribution in [0.25, 0.3) is 0 Å². The molecule has 0 aliphatic heterocycles. The van der Waals surface area contributed by atoms with Gasteiger partial charge in [0.1, 0.15) is 11.5 Å². The zero-order valence-electron chi connectivity index (χ0n) is 13.6. The minimum Gasteiger partial charge on any atom is -0.497 e. The fourth-order valence-corrected chi connectivity index (χ4v) is 2.01. The number of ether oxygens (including phenoxy) is 3. The van der Waals surface area contributed by atoms with Gasteiger partial charge in [-0.15, -0.1) is 0 Å². The van der Waals surface area contributed by atoms with Crippen LogP contribution in [0.1, 0.15) is 10.4 Å². The van der Waals surface area contributed by atoms with Crippen molar-refractivity contribution in [1.29, 1.82) is 0 Å². The number of carbonyl (C=O) groups excluding carboxylic acids is 2. The van der Waals surface area contributed by atoms with Crippen LogP contribution in [0.3, 0.4) is 0 Å². The molecule has 2 amide bonds. The summed E-state index contributed by atoms with van der Waals surface area (Å²) in [5.41, 5.74) is 1.32. The Kier molecular flexibility index (Phi) is 5.62. The molecular weight excluding hydrogens is 312 g/mol. The molecule has 7 heteroatoms. The molecule has 0 heterocycles. The van der Waals surface area contributed by atoms with Crippen molar-refractivity contribution in [3.63, 3.8) is 0 Å². The maximum absolute atomic E-state index is 12.1. The van der Waals surface area contributed by atoms with Crippen LogP contribution in [0.5, 0.6) is 11.5 Å². The highest BCUT2D eigenvalue weighted by Gasteiger charge is 2.09. The van der Waals surface area contributed by atoms with E-state index in [1.54, 1.807) is 36.4 Å². The van der Waals surface area contributed by atoms with E-state index in [9.17, 15) is 9.59 Å². The van der Waals surface area contributed by atoms with Gasteiger partial charge in [0.05, 0.1) is 26.9 Å². The number of anilines is 2. The Morgan fingerprint density at radius 3 is 2.04 bits per heavy atom. The van der Waals surface area contributed by atoms with E-state index in [1.807, 2.05) is 0 Å². The molecule has 0 aromatic heterocycles. The number of rotatable bonds is 5. The molecule has 2 aromatic carbocycles. The molecule has 2 aromatic rings. The average molecular weight is 330 g/mol. The number of methoxy groups -OCH3 is 3. The molecule has 0 spiro atoms. The highest BCUT2D eigenvalue weighted by atomic mass is 16.5. The lowest BCUT2D eigenvalue weighted by Crippen LogP contribution is -2.19. The number of hydrogen-bond acceptors (Lipinski definition) is 5. The lowest BCUT2D eigenvalue weighted by molar-refractivity contribution is 0.0600. The number of hydrogen-bond donors (Lipinski definition) is 2. The SMILES string of the molecule is COC(=O)c1cccc(NC(=O)Nc2cc(OC)cc(OC)c2)c1. The molecule has 0 aliphatic rings. The molecule has 0 saturated heterocycles. The molecule has 0 radical (unpaired) electrons. The Hall–Kier alpha value is -3.22. The molecule has 2 rings (SSSR count). The molecule has 0 bridgehead atoms. The molecule has 0 saturated carbocycles. The molecular formula is C17H18N2O5. The summed E-state index contributed by atoms with van der Waals surface area (Å²) in [7, 11) is 4.35. The van der Waals surface area contributed by atoms with Crippen LogP contribution in [0, 0.1) is 0 Å². The van der Waals surface area contributed by atoms with Gasteiger partial charge in [0.2, 0.25) is 0 Å². The summed E-state index contributed by atoms with van der Waals surface area (Å²) in [6.45, 7) is 0. The summed E-state index contributed by atoms with van der Waals surface area (Å²) < 4.78 is 14.9. The molecule has 7 nitrogen and oxygen atoms in total. The highest BCUT2D eigenvalue weighted by Crippen LogP contribution is 2.25. The Balaban J connectivity index is 2.10. The number of urea groups is 1. The second kappa shape index (κ2) is 7.87. The van der Waals surface area contributed by atoms with Crippen LogP contribution in [0.2, 0.25) is 0 Å². The van der Waals surface area contributed by atoms with Gasteiger partial charge < -0.3 is 24.8 Å². The minimum atomic E-state index is -0.475. The van der Waals surface area contributed by atoms with Crippen molar-refractivity contribution in [2.75, 3.05) is 32.0 Å². The van der Waals surface area contributed by atoms with Crippen LogP contribution >= 0.6 is 0 Å². The van der Waals surface area contributed by atoms with E-state index >= 15 is 0 Å². The maximum Gasteiger partial charge on any atom is 0.337 e. The fraction of sp³-hybridized carbons (Fsp3) is 0.176. The molecule has 0 fully saturated rings. The van der Waals surface area contributed by atoms with Crippen LogP contribution < -0.4 is 20.1 Å². The van der Waals surface area contributed by atoms with Crippen LogP contribution in [-0.4, -0.2) is 33.3 Å². The molecule has 0 atom stereocenters. The Morgan fingerprint density at radius 1 is 0.833 bits per heavy atom. The lowest BCUT2D eigenvalue weighted by Gasteiger charge is -2.11. The first-order chi connectivity index (χ1) is 11.5. The molecule has 2 N–H and O–H groups in total. The van der Waals surface area contributed by atoms with Gasteiger partial charge in [-0.05, 0) is 18.2 Å². The van der Waals surface area contributed by atoms with Crippen molar-refractivity contribution >= 4 is 23.4 Å². The summed E-state index contributed by atoms with van der Waals surface area (Å²) in [4.78, 5) is 23.6. The number of nitrogens with one attached hydrogen (secondary N) is 2. The van der Waals surface area contributed by atoms with E-state index in [4.69, 9.17) is 9.47 Å². The Labute approximate surface area is 139 Å². The first kappa shape index (κ1) is 17.1. The molecule has 126 valence electrons. The second-order valence-corrected chi connectivity index (χ2v) is 4.75. The number of amides is 2. The van der Waals surface area contributed by atoms with Gasteiger partial charge in [-0.3, -0.25) is 0 Å². The molecule has 0 unspecified atom stereocenters. The zero-order chi connectivity index (χ0) is 17.5. The minimum absolute atomic E-state index is 0.346. The van der Waals surface area contributed by atoms with E-state index in [0.717, 1.165) is 0 Å². The van der Waals surface area contributed by atoms with Crippen LogP contribution in [-0.2, 0) is 4.74 Å². The van der Waals surface area contributed by atoms with Gasteiger partial charge in [-0.25, -0.2) is 9.59 Å². The molecule has 24 heavy (non-hydrogen) atoms. The number of esters is 1. The third-order valence-electron chi connectivity index (χ3n) is 3.15. The Bertz CT molecular complexity index is 723. The van der Waals surface area contributed by atoms with E-state index < -0.39 is 12.0 Å². The van der Waals surface area contributed by atoms with E-state index in [0.29, 0.717) is 28.4 Å². The summed E-state index contributed by atoms with van der Waals surface area (Å²) in [6, 6.07) is 11.0. The van der Waals surface area contributed by atoms with Gasteiger partial charge in [0.15, 0.2) is 0 Å². The standard InChI is InChI=1S/C17H18N2O5/c1-22-14-8-13(9-15(10-14)23-2)19-17(21)18-12-6-4-5-11(7-12)16(20)24-3/h4-10H,1-3H3,(H2,18,19,21). The van der Waals surface area contributed by atoms with Gasteiger partial charge in [0, 0.05) is 29.6 Å². The topological polar surface area (TPSA) is 85.9 Å². The smallest absolute Gasteiger partial charge is 0.337 e. The van der Waals surface area contributed by atoms with Crippen molar-refractivity contribution < 1.29 is 23.8 Å². The third kappa shape index (κ3) is 4.39. The Morgan fingerprint density at radius 2 is 1.46 bits per heavy atom. The summed E-state index contributed by atoms with van der Waals surface area (Å²) >= 11 is 0. The first-order valence-electron chi connectivity index (χ1n) is 7.05. The number of benzene rings is 2. The van der Waals surface area contributed by atoms with Crippen molar-refractivity contribution in [2.24, 2.45) is 0 Å². The fourth-order valence-electron chi connectivity index (χ4n) is 2.01. The van der Waals surface area contributed by atoms with Gasteiger partial charge >= 0.3 is 12.0 Å². The second-order valence-electron chi connectivity index (χ2n) is 4.75. The first-order valence-corrected chi connectivity index (χ1v) is 7.05. The van der Waals surface area contributed by atoms with Crippen molar-refractivity contribution in [3.8, 4) is 11.5 Å². The largest absolute Gasteiger partial charge is 0.497 e. The lowest BCUT2D eigenvalue weighted by atomic mass is 10.2. The average Bonchev–Trinajstić information content (AvgIpc) is 2.60. The number of carbonyl (C=O) groups is 2. The predicted octanol–water partition coefficient (Wildman–Crippen LogP) is 3.13. The normalized spacial score (nSPS) is 9.79. The van der Waals surface area contributed by atoms with Crippen LogP contribution in [0.15, 0.2) is 42.5 Å². The van der Waals surface area contributed by atoms with E-state index in [1.165, 1.54) is 27.4 Å². The van der Waals surface area contributed by atoms with E-state index in [2.05, 4.69) is 15.4 Å². The van der Waals surface area contributed by atoms with Crippen molar-refractivity contribution in [1.82, 2.24) is 0 Å². The zero-order valence-corrected chi connectivity index (χ0v) is 13.6. The van der Waals surface area contributed by atoms with Crippen molar-refractivity contribution in [2.45, 2.75) is 0 Å². The summed E-state index contributed by atoms with van der Waals surface area (Å²) in [6.07, 6.45) is 0. The van der Waals surface area contributed by atoms with E-state index in [-0.39, 0.29) is 0 Å². The summed E-state index contributed by atoms with van der Waals surface area (Å²) in [5.74, 6) is 0.631. The third-order valence-corrected chi connectivity index (χ3v) is 3.15.